The lowest BCUT2D eigenvalue weighted by molar-refractivity contribution is -0.137. The summed E-state index contributed by atoms with van der Waals surface area (Å²) in [5.74, 6) is 1.01. The van der Waals surface area contributed by atoms with E-state index in [-0.39, 0.29) is 0 Å². The molecule has 0 amide bonds. The predicted molar refractivity (Wildman–Crippen MR) is 133 cm³/mol. The summed E-state index contributed by atoms with van der Waals surface area (Å²) in [4.78, 5) is 20.3. The van der Waals surface area contributed by atoms with Crippen LogP contribution in [0, 0.1) is 0 Å². The lowest BCUT2D eigenvalue weighted by Crippen LogP contribution is -2.39. The van der Waals surface area contributed by atoms with Crippen molar-refractivity contribution >= 4 is 22.9 Å². The minimum Gasteiger partial charge on any atom is -0.379 e. The molecule has 1 fully saturated rings. The summed E-state index contributed by atoms with van der Waals surface area (Å²) in [6, 6.07) is 8.93. The number of hydrogen-bond donors (Lipinski definition) is 2. The second-order valence-electron chi connectivity index (χ2n) is 8.73. The molecule has 1 aromatic carbocycles. The third-order valence-electron chi connectivity index (χ3n) is 6.10. The quantitative estimate of drug-likeness (QED) is 0.351. The molecule has 0 radical (unpaired) electrons. The van der Waals surface area contributed by atoms with Gasteiger partial charge in [0.25, 0.3) is 0 Å². The number of pyridine rings is 1. The Morgan fingerprint density at radius 3 is 2.51 bits per heavy atom. The van der Waals surface area contributed by atoms with Crippen molar-refractivity contribution in [2.45, 2.75) is 19.3 Å². The van der Waals surface area contributed by atoms with Crippen LogP contribution in [0.15, 0.2) is 55.1 Å². The van der Waals surface area contributed by atoms with E-state index in [2.05, 4.69) is 35.5 Å². The van der Waals surface area contributed by atoms with E-state index in [0.717, 1.165) is 50.5 Å². The Morgan fingerprint density at radius 1 is 0.973 bits per heavy atom. The number of ether oxygens (including phenoxy) is 1. The highest BCUT2D eigenvalue weighted by Gasteiger charge is 2.30. The molecule has 3 aromatic heterocycles. The van der Waals surface area contributed by atoms with Crippen LogP contribution in [0.5, 0.6) is 0 Å². The fraction of sp³-hybridized carbons (Fsp3) is 0.360. The molecule has 1 aliphatic heterocycles. The number of morpholine rings is 1. The Bertz CT molecular complexity index is 1310. The first-order chi connectivity index (χ1) is 18.0. The van der Waals surface area contributed by atoms with Crippen LogP contribution >= 0.6 is 0 Å². The average Bonchev–Trinajstić information content (AvgIpc) is 3.31. The molecular formula is C25H27F3N8O. The van der Waals surface area contributed by atoms with Crippen molar-refractivity contribution in [2.75, 3.05) is 50.0 Å². The number of anilines is 2. The van der Waals surface area contributed by atoms with Gasteiger partial charge in [0.1, 0.15) is 0 Å². The van der Waals surface area contributed by atoms with E-state index < -0.39 is 11.7 Å². The zero-order valence-corrected chi connectivity index (χ0v) is 20.1. The van der Waals surface area contributed by atoms with Crippen molar-refractivity contribution in [3.63, 3.8) is 0 Å². The number of benzene rings is 1. The average molecular weight is 513 g/mol. The molecule has 12 heteroatoms. The molecule has 0 spiro atoms. The lowest BCUT2D eigenvalue weighted by Gasteiger charge is -2.26. The molecule has 0 unspecified atom stereocenters. The van der Waals surface area contributed by atoms with Crippen molar-refractivity contribution in [1.82, 2.24) is 29.4 Å². The molecule has 1 aliphatic rings. The first kappa shape index (κ1) is 24.9. The predicted octanol–water partition coefficient (Wildman–Crippen LogP) is 3.64. The molecule has 194 valence electrons. The molecule has 9 nitrogen and oxygen atoms in total. The highest BCUT2D eigenvalue weighted by Crippen LogP contribution is 2.29. The topological polar surface area (TPSA) is 93.0 Å². The third-order valence-corrected chi connectivity index (χ3v) is 6.10. The van der Waals surface area contributed by atoms with Gasteiger partial charge in [-0.25, -0.2) is 4.98 Å². The molecule has 0 saturated carbocycles. The number of aromatic nitrogens is 5. The van der Waals surface area contributed by atoms with E-state index in [1.807, 2.05) is 16.7 Å². The summed E-state index contributed by atoms with van der Waals surface area (Å²) >= 11 is 0. The number of imidazole rings is 1. The van der Waals surface area contributed by atoms with Crippen LogP contribution in [-0.2, 0) is 24.0 Å². The largest absolute Gasteiger partial charge is 0.416 e. The summed E-state index contributed by atoms with van der Waals surface area (Å²) in [7, 11) is 0. The Labute approximate surface area is 211 Å². The van der Waals surface area contributed by atoms with Gasteiger partial charge in [0.2, 0.25) is 5.95 Å². The van der Waals surface area contributed by atoms with E-state index in [9.17, 15) is 13.2 Å². The molecule has 37 heavy (non-hydrogen) atoms. The van der Waals surface area contributed by atoms with Gasteiger partial charge in [-0.05, 0) is 29.3 Å². The van der Waals surface area contributed by atoms with Crippen LogP contribution in [0.3, 0.4) is 0 Å². The van der Waals surface area contributed by atoms with Gasteiger partial charge >= 0.3 is 6.18 Å². The summed E-state index contributed by atoms with van der Waals surface area (Å²) < 4.78 is 46.1. The Kier molecular flexibility index (Phi) is 7.47. The third kappa shape index (κ3) is 6.33. The van der Waals surface area contributed by atoms with Crippen LogP contribution in [0.1, 0.15) is 16.7 Å². The molecule has 0 atom stereocenters. The van der Waals surface area contributed by atoms with Crippen molar-refractivity contribution in [3.8, 4) is 0 Å². The molecule has 4 heterocycles. The monoisotopic (exact) mass is 512 g/mol. The van der Waals surface area contributed by atoms with Crippen molar-refractivity contribution < 1.29 is 17.9 Å². The number of alkyl halides is 3. The fourth-order valence-corrected chi connectivity index (χ4v) is 4.10. The van der Waals surface area contributed by atoms with Crippen LogP contribution in [0.25, 0.3) is 11.2 Å². The van der Waals surface area contributed by atoms with Gasteiger partial charge in [0.05, 0.1) is 31.6 Å². The van der Waals surface area contributed by atoms with E-state index in [4.69, 9.17) is 4.74 Å². The maximum Gasteiger partial charge on any atom is 0.416 e. The Morgan fingerprint density at radius 2 is 1.78 bits per heavy atom. The smallest absolute Gasteiger partial charge is 0.379 e. The van der Waals surface area contributed by atoms with Crippen molar-refractivity contribution in [1.29, 1.82) is 0 Å². The van der Waals surface area contributed by atoms with Crippen molar-refractivity contribution in [3.05, 3.63) is 71.8 Å². The molecular weight excluding hydrogens is 485 g/mol. The summed E-state index contributed by atoms with van der Waals surface area (Å²) in [6.07, 6.45) is 0.739. The number of fused-ring (bicyclic) bond motifs is 1. The van der Waals surface area contributed by atoms with E-state index in [1.54, 1.807) is 18.7 Å². The van der Waals surface area contributed by atoms with Gasteiger partial charge < -0.3 is 19.9 Å². The number of rotatable bonds is 9. The number of hydrogen-bond acceptors (Lipinski definition) is 8. The number of halogens is 3. The van der Waals surface area contributed by atoms with E-state index in [1.165, 1.54) is 12.1 Å². The lowest BCUT2D eigenvalue weighted by atomic mass is 10.1. The highest BCUT2D eigenvalue weighted by atomic mass is 19.4. The fourth-order valence-electron chi connectivity index (χ4n) is 4.10. The van der Waals surface area contributed by atoms with Gasteiger partial charge in [-0.15, -0.1) is 0 Å². The molecule has 1 saturated heterocycles. The summed E-state index contributed by atoms with van der Waals surface area (Å²) in [5, 5.41) is 6.63. The van der Waals surface area contributed by atoms with E-state index in [0.29, 0.717) is 48.1 Å². The van der Waals surface area contributed by atoms with Crippen LogP contribution < -0.4 is 10.6 Å². The normalized spacial score (nSPS) is 14.7. The molecule has 5 rings (SSSR count). The number of nitrogens with one attached hydrogen (secondary N) is 2. The minimum absolute atomic E-state index is 0.320. The zero-order chi connectivity index (χ0) is 25.7. The maximum absolute atomic E-state index is 13.0. The standard InChI is InChI=1S/C25H27F3N8O/c26-25(27,28)20-5-3-18(4-6-20)16-36-17-32-21-22(30-8-9-35-10-12-37-13-11-35)33-24(34-23(21)36)31-15-19-2-1-7-29-14-19/h1-7,14,17H,8-13,15-16H2,(H2,30,31,33,34). The van der Waals surface area contributed by atoms with Crippen LogP contribution in [0.2, 0.25) is 0 Å². The van der Waals surface area contributed by atoms with Gasteiger partial charge in [-0.2, -0.15) is 23.1 Å². The summed E-state index contributed by atoms with van der Waals surface area (Å²) in [5.41, 5.74) is 2.19. The molecule has 0 aliphatic carbocycles. The highest BCUT2D eigenvalue weighted by molar-refractivity contribution is 5.84. The zero-order valence-electron chi connectivity index (χ0n) is 20.1. The SMILES string of the molecule is FC(F)(F)c1ccc(Cn2cnc3c(NCCN4CCOCC4)nc(NCc4cccnc4)nc32)cc1. The first-order valence-corrected chi connectivity index (χ1v) is 12.0. The van der Waals surface area contributed by atoms with Gasteiger partial charge in [-0.3, -0.25) is 9.88 Å². The Balaban J connectivity index is 1.38. The van der Waals surface area contributed by atoms with Crippen LogP contribution in [-0.4, -0.2) is 68.8 Å². The van der Waals surface area contributed by atoms with Gasteiger partial charge in [0.15, 0.2) is 17.0 Å². The Hall–Kier alpha value is -3.77. The minimum atomic E-state index is -4.37. The van der Waals surface area contributed by atoms with Crippen molar-refractivity contribution in [2.24, 2.45) is 0 Å². The first-order valence-electron chi connectivity index (χ1n) is 12.0. The van der Waals surface area contributed by atoms with Gasteiger partial charge in [-0.1, -0.05) is 18.2 Å². The molecule has 0 bridgehead atoms. The second-order valence-corrected chi connectivity index (χ2v) is 8.73. The number of nitrogens with zero attached hydrogens (tertiary/aromatic N) is 6. The van der Waals surface area contributed by atoms with Crippen LogP contribution in [0.4, 0.5) is 24.9 Å². The second kappa shape index (κ2) is 11.1. The molecule has 4 aromatic rings. The molecule has 2 N–H and O–H groups in total. The van der Waals surface area contributed by atoms with E-state index >= 15 is 0 Å². The van der Waals surface area contributed by atoms with Gasteiger partial charge in [0, 0.05) is 45.1 Å². The maximum atomic E-state index is 13.0. The summed E-state index contributed by atoms with van der Waals surface area (Å²) in [6.45, 7) is 5.55.